The van der Waals surface area contributed by atoms with E-state index < -0.39 is 0 Å². The molecule has 0 spiro atoms. The van der Waals surface area contributed by atoms with Crippen LogP contribution in [-0.4, -0.2) is 5.78 Å². The first-order valence-corrected chi connectivity index (χ1v) is 4.09. The molecule has 2 aliphatic rings. The topological polar surface area (TPSA) is 17.1 Å². The van der Waals surface area contributed by atoms with Gasteiger partial charge in [0.15, 0.2) is 0 Å². The minimum Gasteiger partial charge on any atom is -0.299 e. The summed E-state index contributed by atoms with van der Waals surface area (Å²) in [5.41, 5.74) is 0.365. The maximum absolute atomic E-state index is 11.4. The molecular formula is C9H14O. The number of fused-ring (bicyclic) bond motifs is 1. The van der Waals surface area contributed by atoms with Crippen molar-refractivity contribution in [3.63, 3.8) is 0 Å². The number of hydrogen-bond donors (Lipinski definition) is 0. The Morgan fingerprint density at radius 3 is 2.40 bits per heavy atom. The van der Waals surface area contributed by atoms with E-state index in [1.807, 2.05) is 0 Å². The summed E-state index contributed by atoms with van der Waals surface area (Å²) < 4.78 is 0. The molecule has 2 rings (SSSR count). The Hall–Kier alpha value is -0.330. The van der Waals surface area contributed by atoms with E-state index in [4.69, 9.17) is 0 Å². The second kappa shape index (κ2) is 1.46. The molecule has 2 saturated carbocycles. The maximum Gasteiger partial charge on any atom is 0.139 e. The van der Waals surface area contributed by atoms with Crippen molar-refractivity contribution < 1.29 is 4.79 Å². The van der Waals surface area contributed by atoms with E-state index in [-0.39, 0.29) is 0 Å². The fourth-order valence-electron chi connectivity index (χ4n) is 2.55. The van der Waals surface area contributed by atoms with Crippen LogP contribution in [0.3, 0.4) is 0 Å². The Morgan fingerprint density at radius 2 is 2.10 bits per heavy atom. The Balaban J connectivity index is 2.21. The van der Waals surface area contributed by atoms with Crippen molar-refractivity contribution >= 4 is 5.78 Å². The van der Waals surface area contributed by atoms with Crippen LogP contribution in [0.15, 0.2) is 0 Å². The van der Waals surface area contributed by atoms with Gasteiger partial charge in [-0.05, 0) is 17.8 Å². The molecule has 0 bridgehead atoms. The van der Waals surface area contributed by atoms with Crippen LogP contribution < -0.4 is 0 Å². The van der Waals surface area contributed by atoms with Crippen molar-refractivity contribution in [2.75, 3.05) is 0 Å². The molecule has 0 radical (unpaired) electrons. The van der Waals surface area contributed by atoms with Gasteiger partial charge in [-0.15, -0.1) is 0 Å². The first kappa shape index (κ1) is 6.38. The number of ketones is 1. The number of rotatable bonds is 0. The van der Waals surface area contributed by atoms with Gasteiger partial charge in [0.05, 0.1) is 0 Å². The Bertz CT molecular complexity index is 193. The van der Waals surface area contributed by atoms with Gasteiger partial charge in [0.2, 0.25) is 0 Å². The zero-order valence-electron chi connectivity index (χ0n) is 6.85. The van der Waals surface area contributed by atoms with Crippen LogP contribution in [0.25, 0.3) is 0 Å². The largest absolute Gasteiger partial charge is 0.299 e. The van der Waals surface area contributed by atoms with Crippen molar-refractivity contribution in [2.24, 2.45) is 23.2 Å². The highest BCUT2D eigenvalue weighted by Crippen LogP contribution is 2.66. The number of Topliss-reactive ketones (excluding diaryl/α,β-unsaturated/α-hetero) is 1. The van der Waals surface area contributed by atoms with Crippen molar-refractivity contribution in [3.05, 3.63) is 0 Å². The molecule has 56 valence electrons. The standard InChI is InChI=1S/C9H14O/c1-5-4-6-7(8(5)10)9(6,2)3/h5-7H,4H2,1-3H3. The maximum atomic E-state index is 11.4. The normalized spacial score (nSPS) is 49.1. The monoisotopic (exact) mass is 138 g/mol. The van der Waals surface area contributed by atoms with Crippen LogP contribution >= 0.6 is 0 Å². The SMILES string of the molecule is CC1CC2C(C1=O)C2(C)C. The highest BCUT2D eigenvalue weighted by molar-refractivity contribution is 5.89. The lowest BCUT2D eigenvalue weighted by molar-refractivity contribution is -0.123. The second-order valence-electron chi connectivity index (χ2n) is 4.44. The van der Waals surface area contributed by atoms with Crippen LogP contribution in [0.4, 0.5) is 0 Å². The Morgan fingerprint density at radius 1 is 1.50 bits per heavy atom. The molecule has 0 saturated heterocycles. The van der Waals surface area contributed by atoms with Crippen molar-refractivity contribution in [1.82, 2.24) is 0 Å². The predicted molar refractivity (Wildman–Crippen MR) is 39.5 cm³/mol. The van der Waals surface area contributed by atoms with E-state index in [0.717, 1.165) is 12.3 Å². The Kier molecular flexibility index (Phi) is 0.934. The molecule has 0 aromatic carbocycles. The van der Waals surface area contributed by atoms with E-state index in [0.29, 0.717) is 23.0 Å². The van der Waals surface area contributed by atoms with Crippen molar-refractivity contribution in [1.29, 1.82) is 0 Å². The average molecular weight is 138 g/mol. The predicted octanol–water partition coefficient (Wildman–Crippen LogP) is 1.87. The summed E-state index contributed by atoms with van der Waals surface area (Å²) in [7, 11) is 0. The summed E-state index contributed by atoms with van der Waals surface area (Å²) in [4.78, 5) is 11.4. The Labute approximate surface area is 61.8 Å². The minimum absolute atomic E-state index is 0.364. The van der Waals surface area contributed by atoms with Gasteiger partial charge in [0.1, 0.15) is 5.78 Å². The van der Waals surface area contributed by atoms with E-state index in [1.165, 1.54) is 0 Å². The van der Waals surface area contributed by atoms with Crippen LogP contribution in [0.2, 0.25) is 0 Å². The second-order valence-corrected chi connectivity index (χ2v) is 4.44. The molecule has 10 heavy (non-hydrogen) atoms. The third kappa shape index (κ3) is 0.518. The van der Waals surface area contributed by atoms with Crippen LogP contribution in [0.5, 0.6) is 0 Å². The molecule has 2 fully saturated rings. The fraction of sp³-hybridized carbons (Fsp3) is 0.889. The molecular weight excluding hydrogens is 124 g/mol. The number of carbonyl (C=O) groups is 1. The molecule has 0 aromatic rings. The van der Waals surface area contributed by atoms with Crippen LogP contribution in [0, 0.1) is 23.2 Å². The van der Waals surface area contributed by atoms with Crippen molar-refractivity contribution in [2.45, 2.75) is 27.2 Å². The van der Waals surface area contributed by atoms with Crippen LogP contribution in [-0.2, 0) is 4.79 Å². The number of carbonyl (C=O) groups excluding carboxylic acids is 1. The molecule has 2 aliphatic carbocycles. The van der Waals surface area contributed by atoms with E-state index in [1.54, 1.807) is 0 Å². The average Bonchev–Trinajstić information content (AvgIpc) is 2.12. The molecule has 3 unspecified atom stereocenters. The third-order valence-electron chi connectivity index (χ3n) is 3.45. The third-order valence-corrected chi connectivity index (χ3v) is 3.45. The first-order valence-electron chi connectivity index (χ1n) is 4.09. The molecule has 0 aliphatic heterocycles. The zero-order chi connectivity index (χ0) is 7.52. The summed E-state index contributed by atoms with van der Waals surface area (Å²) in [6.07, 6.45) is 1.15. The van der Waals surface area contributed by atoms with Crippen molar-refractivity contribution in [3.8, 4) is 0 Å². The molecule has 0 N–H and O–H groups in total. The van der Waals surface area contributed by atoms with E-state index in [2.05, 4.69) is 20.8 Å². The van der Waals surface area contributed by atoms with E-state index >= 15 is 0 Å². The molecule has 0 aromatic heterocycles. The molecule has 0 heterocycles. The van der Waals surface area contributed by atoms with Gasteiger partial charge >= 0.3 is 0 Å². The zero-order valence-corrected chi connectivity index (χ0v) is 6.85. The highest BCUT2D eigenvalue weighted by atomic mass is 16.1. The lowest BCUT2D eigenvalue weighted by Gasteiger charge is -2.10. The smallest absolute Gasteiger partial charge is 0.139 e. The summed E-state index contributed by atoms with van der Waals surface area (Å²) >= 11 is 0. The van der Waals surface area contributed by atoms with Gasteiger partial charge in [0.25, 0.3) is 0 Å². The van der Waals surface area contributed by atoms with E-state index in [9.17, 15) is 4.79 Å². The number of hydrogen-bond acceptors (Lipinski definition) is 1. The summed E-state index contributed by atoms with van der Waals surface area (Å²) in [5.74, 6) is 2.05. The van der Waals surface area contributed by atoms with Gasteiger partial charge < -0.3 is 0 Å². The van der Waals surface area contributed by atoms with Gasteiger partial charge in [-0.1, -0.05) is 20.8 Å². The molecule has 1 nitrogen and oxygen atoms in total. The fourth-order valence-corrected chi connectivity index (χ4v) is 2.55. The lowest BCUT2D eigenvalue weighted by atomic mass is 9.94. The lowest BCUT2D eigenvalue weighted by Crippen LogP contribution is -2.13. The van der Waals surface area contributed by atoms with Gasteiger partial charge in [-0.3, -0.25) is 4.79 Å². The first-order chi connectivity index (χ1) is 4.55. The minimum atomic E-state index is 0.364. The summed E-state index contributed by atoms with van der Waals surface area (Å²) in [5, 5.41) is 0. The van der Waals surface area contributed by atoms with Gasteiger partial charge in [0, 0.05) is 11.8 Å². The molecule has 3 atom stereocenters. The highest BCUT2D eigenvalue weighted by Gasteiger charge is 2.66. The quantitative estimate of drug-likeness (QED) is 0.499. The molecule has 1 heteroatoms. The van der Waals surface area contributed by atoms with Gasteiger partial charge in [-0.25, -0.2) is 0 Å². The summed E-state index contributed by atoms with van der Waals surface area (Å²) in [6.45, 7) is 6.49. The van der Waals surface area contributed by atoms with Crippen LogP contribution in [0.1, 0.15) is 27.2 Å². The van der Waals surface area contributed by atoms with Gasteiger partial charge in [-0.2, -0.15) is 0 Å². The summed E-state index contributed by atoms with van der Waals surface area (Å²) in [6, 6.07) is 0. The molecule has 0 amide bonds.